The molecule has 1 aromatic carbocycles. The summed E-state index contributed by atoms with van der Waals surface area (Å²) < 4.78 is 5.78. The summed E-state index contributed by atoms with van der Waals surface area (Å²) >= 11 is 12.4. The fourth-order valence-corrected chi connectivity index (χ4v) is 4.14. The summed E-state index contributed by atoms with van der Waals surface area (Å²) in [5, 5.41) is 14.3. The van der Waals surface area contributed by atoms with E-state index in [-0.39, 0.29) is 35.2 Å². The number of halogens is 2. The molecular formula is C20H22Cl2N4O4. The van der Waals surface area contributed by atoms with Gasteiger partial charge in [-0.3, -0.25) is 4.79 Å². The number of nitrogens with zero attached hydrogens (tertiary/aromatic N) is 3. The molecule has 30 heavy (non-hydrogen) atoms. The van der Waals surface area contributed by atoms with Crippen LogP contribution in [-0.2, 0) is 14.4 Å². The van der Waals surface area contributed by atoms with E-state index in [1.54, 1.807) is 31.4 Å². The first-order chi connectivity index (χ1) is 14.3. The maximum absolute atomic E-state index is 13.0. The molecule has 0 aliphatic carbocycles. The lowest BCUT2D eigenvalue weighted by molar-refractivity contribution is -0.152. The third-order valence-corrected chi connectivity index (χ3v) is 5.88. The first-order valence-corrected chi connectivity index (χ1v) is 10.2. The van der Waals surface area contributed by atoms with Gasteiger partial charge >= 0.3 is 6.09 Å². The summed E-state index contributed by atoms with van der Waals surface area (Å²) in [6.45, 7) is 1.30. The van der Waals surface area contributed by atoms with Crippen LogP contribution >= 0.6 is 23.2 Å². The van der Waals surface area contributed by atoms with E-state index >= 15 is 0 Å². The number of nitriles is 1. The second kappa shape index (κ2) is 9.23. The molecule has 2 heterocycles. The average Bonchev–Trinajstić information content (AvgIpc) is 2.97. The summed E-state index contributed by atoms with van der Waals surface area (Å²) in [4.78, 5) is 32.3. The standard InChI is InChI=1S/C20H22Cl2N4O4/c1-25(9-3-8-23)19(28)30-17-16(14-5-4-13(21)12-15(14)22)18(27)24-20(17)6-10-26(29-2)11-7-20/h4-5,12H,3,6-7,9-11H2,1-2H3,(H,24,27). The largest absolute Gasteiger partial charge is 0.414 e. The van der Waals surface area contributed by atoms with Crippen LogP contribution in [0.15, 0.2) is 24.0 Å². The maximum atomic E-state index is 13.0. The highest BCUT2D eigenvalue weighted by Crippen LogP contribution is 2.42. The number of hydrogen-bond acceptors (Lipinski definition) is 6. The number of piperidine rings is 1. The topological polar surface area (TPSA) is 94.9 Å². The van der Waals surface area contributed by atoms with Crippen molar-refractivity contribution in [2.24, 2.45) is 0 Å². The van der Waals surface area contributed by atoms with Gasteiger partial charge in [0.25, 0.3) is 5.91 Å². The Kier molecular flexibility index (Phi) is 6.88. The number of carbonyl (C=O) groups excluding carboxylic acids is 2. The van der Waals surface area contributed by atoms with Crippen molar-refractivity contribution >= 4 is 40.8 Å². The SMILES string of the molecule is CON1CCC2(CC1)NC(=O)C(c1ccc(Cl)cc1Cl)=C2OC(=O)N(C)CCC#N. The fraction of sp³-hybridized carbons (Fsp3) is 0.450. The minimum absolute atomic E-state index is 0.172. The van der Waals surface area contributed by atoms with Crippen LogP contribution in [0.4, 0.5) is 4.79 Å². The van der Waals surface area contributed by atoms with Crippen molar-refractivity contribution in [2.45, 2.75) is 24.8 Å². The molecule has 3 rings (SSSR count). The third kappa shape index (κ3) is 4.40. The zero-order valence-electron chi connectivity index (χ0n) is 16.7. The highest BCUT2D eigenvalue weighted by molar-refractivity contribution is 6.38. The minimum Gasteiger partial charge on any atom is -0.411 e. The van der Waals surface area contributed by atoms with Crippen LogP contribution in [0.5, 0.6) is 0 Å². The van der Waals surface area contributed by atoms with Crippen LogP contribution in [0.3, 0.4) is 0 Å². The smallest absolute Gasteiger partial charge is 0.411 e. The van der Waals surface area contributed by atoms with Crippen LogP contribution in [0.2, 0.25) is 10.0 Å². The van der Waals surface area contributed by atoms with Gasteiger partial charge in [0.15, 0.2) is 0 Å². The van der Waals surface area contributed by atoms with E-state index in [1.165, 1.54) is 11.0 Å². The van der Waals surface area contributed by atoms with Gasteiger partial charge in [-0.25, -0.2) is 4.79 Å². The molecule has 0 unspecified atom stereocenters. The van der Waals surface area contributed by atoms with Crippen molar-refractivity contribution in [2.75, 3.05) is 33.8 Å². The summed E-state index contributed by atoms with van der Waals surface area (Å²) in [5.41, 5.74) is -0.201. The summed E-state index contributed by atoms with van der Waals surface area (Å²) in [6.07, 6.45) is 0.511. The van der Waals surface area contributed by atoms with Crippen LogP contribution < -0.4 is 5.32 Å². The van der Waals surface area contributed by atoms with E-state index in [1.807, 2.05) is 6.07 Å². The number of carbonyl (C=O) groups is 2. The van der Waals surface area contributed by atoms with Gasteiger partial charge in [-0.05, 0) is 25.0 Å². The van der Waals surface area contributed by atoms with Crippen LogP contribution in [0.1, 0.15) is 24.8 Å². The monoisotopic (exact) mass is 452 g/mol. The summed E-state index contributed by atoms with van der Waals surface area (Å²) in [6, 6.07) is 6.79. The predicted molar refractivity (Wildman–Crippen MR) is 111 cm³/mol. The molecule has 2 aliphatic rings. The van der Waals surface area contributed by atoms with Gasteiger partial charge in [-0.1, -0.05) is 29.3 Å². The number of hydroxylamine groups is 2. The van der Waals surface area contributed by atoms with Crippen molar-refractivity contribution in [3.63, 3.8) is 0 Å². The molecule has 2 aliphatic heterocycles. The average molecular weight is 453 g/mol. The van der Waals surface area contributed by atoms with Crippen LogP contribution in [0, 0.1) is 11.3 Å². The van der Waals surface area contributed by atoms with Gasteiger partial charge in [-0.15, -0.1) is 0 Å². The van der Waals surface area contributed by atoms with E-state index in [9.17, 15) is 9.59 Å². The Morgan fingerprint density at radius 1 is 1.37 bits per heavy atom. The number of rotatable bonds is 5. The Bertz CT molecular complexity index is 920. The van der Waals surface area contributed by atoms with Crippen LogP contribution in [0.25, 0.3) is 5.57 Å². The summed E-state index contributed by atoms with van der Waals surface area (Å²) in [5.74, 6) is -0.131. The molecule has 160 valence electrons. The molecule has 1 N–H and O–H groups in total. The van der Waals surface area contributed by atoms with Crippen molar-refractivity contribution in [1.29, 1.82) is 5.26 Å². The normalized spacial score (nSPS) is 18.3. The molecular weight excluding hydrogens is 431 g/mol. The van der Waals surface area contributed by atoms with Gasteiger partial charge in [0.2, 0.25) is 0 Å². The Labute approximate surface area is 184 Å². The van der Waals surface area contributed by atoms with E-state index < -0.39 is 11.6 Å². The van der Waals surface area contributed by atoms with Gasteiger partial charge in [0.05, 0.1) is 30.2 Å². The number of ether oxygens (including phenoxy) is 1. The van der Waals surface area contributed by atoms with Crippen molar-refractivity contribution in [3.8, 4) is 6.07 Å². The summed E-state index contributed by atoms with van der Waals surface area (Å²) in [7, 11) is 3.13. The predicted octanol–water partition coefficient (Wildman–Crippen LogP) is 3.21. The number of benzene rings is 1. The Hall–Kier alpha value is -2.31. The quantitative estimate of drug-likeness (QED) is 0.736. The lowest BCUT2D eigenvalue weighted by Crippen LogP contribution is -2.53. The maximum Gasteiger partial charge on any atom is 0.414 e. The zero-order chi connectivity index (χ0) is 21.9. The molecule has 1 aromatic rings. The first kappa shape index (κ1) is 22.4. The lowest BCUT2D eigenvalue weighted by Gasteiger charge is -2.39. The third-order valence-electron chi connectivity index (χ3n) is 5.34. The molecule has 8 nitrogen and oxygen atoms in total. The van der Waals surface area contributed by atoms with E-state index in [2.05, 4.69) is 5.32 Å². The van der Waals surface area contributed by atoms with Crippen molar-refractivity contribution < 1.29 is 19.2 Å². The molecule has 0 bridgehead atoms. The van der Waals surface area contributed by atoms with Gasteiger partial charge < -0.3 is 19.8 Å². The lowest BCUT2D eigenvalue weighted by atomic mass is 9.86. The van der Waals surface area contributed by atoms with Gasteiger partial charge in [0.1, 0.15) is 11.3 Å². The molecule has 0 saturated carbocycles. The Morgan fingerprint density at radius 3 is 2.67 bits per heavy atom. The van der Waals surface area contributed by atoms with Crippen LogP contribution in [-0.4, -0.2) is 61.3 Å². The fourth-order valence-electron chi connectivity index (χ4n) is 3.64. The Morgan fingerprint density at radius 2 is 2.07 bits per heavy atom. The second-order valence-corrected chi connectivity index (χ2v) is 8.02. The van der Waals surface area contributed by atoms with Gasteiger partial charge in [0, 0.05) is 37.3 Å². The molecule has 0 radical (unpaired) electrons. The van der Waals surface area contributed by atoms with Crippen molar-refractivity contribution in [3.05, 3.63) is 39.6 Å². The van der Waals surface area contributed by atoms with E-state index in [0.717, 1.165) is 0 Å². The second-order valence-electron chi connectivity index (χ2n) is 7.17. The molecule has 1 fully saturated rings. The highest BCUT2D eigenvalue weighted by atomic mass is 35.5. The number of amides is 2. The molecule has 1 saturated heterocycles. The molecule has 2 amide bonds. The number of hydrogen-bond donors (Lipinski definition) is 1. The molecule has 0 atom stereocenters. The van der Waals surface area contributed by atoms with E-state index in [4.69, 9.17) is 38.0 Å². The van der Waals surface area contributed by atoms with Gasteiger partial charge in [-0.2, -0.15) is 10.3 Å². The van der Waals surface area contributed by atoms with E-state index in [0.29, 0.717) is 36.5 Å². The minimum atomic E-state index is -0.851. The number of nitrogens with one attached hydrogen (secondary N) is 1. The first-order valence-electron chi connectivity index (χ1n) is 9.43. The van der Waals surface area contributed by atoms with Crippen molar-refractivity contribution in [1.82, 2.24) is 15.3 Å². The Balaban J connectivity index is 2.03. The highest BCUT2D eigenvalue weighted by Gasteiger charge is 2.50. The zero-order valence-corrected chi connectivity index (χ0v) is 18.2. The molecule has 10 heteroatoms. The molecule has 0 aromatic heterocycles. The molecule has 1 spiro atoms.